The van der Waals surface area contributed by atoms with Crippen molar-refractivity contribution in [3.05, 3.63) is 82.4 Å². The quantitative estimate of drug-likeness (QED) is 0.673. The lowest BCUT2D eigenvalue weighted by molar-refractivity contribution is -0.113. The molecule has 0 aromatic heterocycles. The van der Waals surface area contributed by atoms with E-state index in [9.17, 15) is 13.6 Å². The molecule has 0 saturated heterocycles. The SMILES string of the molecule is CC1CC/C(=C/c2ccc(F)cc2)C(=O)/C1=C/c1ccc(F)cc1. The van der Waals surface area contributed by atoms with Crippen LogP contribution in [-0.4, -0.2) is 5.78 Å². The van der Waals surface area contributed by atoms with Crippen LogP contribution < -0.4 is 0 Å². The summed E-state index contributed by atoms with van der Waals surface area (Å²) in [4.78, 5) is 12.8. The van der Waals surface area contributed by atoms with E-state index in [4.69, 9.17) is 0 Å². The fourth-order valence-electron chi connectivity index (χ4n) is 2.89. The highest BCUT2D eigenvalue weighted by Crippen LogP contribution is 2.32. The molecular formula is C21H18F2O. The van der Waals surface area contributed by atoms with Crippen molar-refractivity contribution in [3.63, 3.8) is 0 Å². The van der Waals surface area contributed by atoms with Gasteiger partial charge in [-0.2, -0.15) is 0 Å². The van der Waals surface area contributed by atoms with Gasteiger partial charge in [-0.15, -0.1) is 0 Å². The lowest BCUT2D eigenvalue weighted by Gasteiger charge is -2.23. The molecule has 122 valence electrons. The van der Waals surface area contributed by atoms with Gasteiger partial charge in [0, 0.05) is 11.1 Å². The zero-order valence-corrected chi connectivity index (χ0v) is 13.4. The third-order valence-corrected chi connectivity index (χ3v) is 4.33. The van der Waals surface area contributed by atoms with Crippen LogP contribution >= 0.6 is 0 Å². The zero-order valence-electron chi connectivity index (χ0n) is 13.4. The van der Waals surface area contributed by atoms with Crippen LogP contribution in [0.1, 0.15) is 30.9 Å². The van der Waals surface area contributed by atoms with Crippen molar-refractivity contribution in [2.75, 3.05) is 0 Å². The topological polar surface area (TPSA) is 17.1 Å². The van der Waals surface area contributed by atoms with Gasteiger partial charge in [0.1, 0.15) is 11.6 Å². The zero-order chi connectivity index (χ0) is 17.1. The Hall–Kier alpha value is -2.55. The molecule has 1 nitrogen and oxygen atoms in total. The van der Waals surface area contributed by atoms with Gasteiger partial charge < -0.3 is 0 Å². The molecule has 0 heterocycles. The normalized spacial score (nSPS) is 21.5. The summed E-state index contributed by atoms with van der Waals surface area (Å²) >= 11 is 0. The van der Waals surface area contributed by atoms with Gasteiger partial charge in [-0.1, -0.05) is 31.2 Å². The Bertz CT molecular complexity index is 799. The van der Waals surface area contributed by atoms with Gasteiger partial charge in [-0.25, -0.2) is 8.78 Å². The third kappa shape index (κ3) is 3.67. The van der Waals surface area contributed by atoms with E-state index in [2.05, 4.69) is 0 Å². The molecule has 1 saturated carbocycles. The Morgan fingerprint density at radius 3 is 1.92 bits per heavy atom. The first-order valence-electron chi connectivity index (χ1n) is 8.01. The number of hydrogen-bond donors (Lipinski definition) is 0. The van der Waals surface area contributed by atoms with Crippen LogP contribution in [0.25, 0.3) is 12.2 Å². The maximum atomic E-state index is 13.0. The predicted molar refractivity (Wildman–Crippen MR) is 92.2 cm³/mol. The van der Waals surface area contributed by atoms with Gasteiger partial charge in [0.05, 0.1) is 0 Å². The molecule has 3 heteroatoms. The average Bonchev–Trinajstić information content (AvgIpc) is 2.58. The number of halogens is 2. The molecule has 1 aliphatic carbocycles. The summed E-state index contributed by atoms with van der Waals surface area (Å²) in [6.45, 7) is 2.03. The lowest BCUT2D eigenvalue weighted by atomic mass is 9.80. The minimum Gasteiger partial charge on any atom is -0.289 e. The summed E-state index contributed by atoms with van der Waals surface area (Å²) in [6.07, 6.45) is 5.25. The molecule has 2 aromatic rings. The molecule has 3 rings (SSSR count). The first-order valence-corrected chi connectivity index (χ1v) is 8.01. The summed E-state index contributed by atoms with van der Waals surface area (Å²) in [6, 6.07) is 12.2. The average molecular weight is 324 g/mol. The third-order valence-electron chi connectivity index (χ3n) is 4.33. The summed E-state index contributed by atoms with van der Waals surface area (Å²) in [7, 11) is 0. The molecule has 2 aromatic carbocycles. The highest BCUT2D eigenvalue weighted by atomic mass is 19.1. The largest absolute Gasteiger partial charge is 0.289 e. The van der Waals surface area contributed by atoms with Crippen molar-refractivity contribution in [2.45, 2.75) is 19.8 Å². The Balaban J connectivity index is 1.91. The summed E-state index contributed by atoms with van der Waals surface area (Å²) in [5.41, 5.74) is 3.10. The van der Waals surface area contributed by atoms with Crippen LogP contribution in [0.4, 0.5) is 8.78 Å². The fraction of sp³-hybridized carbons (Fsp3) is 0.190. The Morgan fingerprint density at radius 2 is 1.38 bits per heavy atom. The highest BCUT2D eigenvalue weighted by molar-refractivity contribution is 6.14. The summed E-state index contributed by atoms with van der Waals surface area (Å²) in [5, 5.41) is 0. The van der Waals surface area contributed by atoms with Crippen molar-refractivity contribution in [2.24, 2.45) is 5.92 Å². The van der Waals surface area contributed by atoms with E-state index < -0.39 is 0 Å². The van der Waals surface area contributed by atoms with Crippen molar-refractivity contribution in [3.8, 4) is 0 Å². The number of hydrogen-bond acceptors (Lipinski definition) is 1. The van der Waals surface area contributed by atoms with E-state index in [-0.39, 0.29) is 23.3 Å². The molecule has 1 fully saturated rings. The number of Topliss-reactive ketones (excluding diaryl/α,β-unsaturated/α-hetero) is 1. The molecule has 0 radical (unpaired) electrons. The molecule has 1 unspecified atom stereocenters. The molecule has 0 amide bonds. The number of benzene rings is 2. The number of carbonyl (C=O) groups excluding carboxylic acids is 1. The molecule has 0 spiro atoms. The maximum Gasteiger partial charge on any atom is 0.185 e. The van der Waals surface area contributed by atoms with Crippen molar-refractivity contribution in [1.82, 2.24) is 0 Å². The van der Waals surface area contributed by atoms with Crippen molar-refractivity contribution in [1.29, 1.82) is 0 Å². The second kappa shape index (κ2) is 6.91. The second-order valence-corrected chi connectivity index (χ2v) is 6.14. The monoisotopic (exact) mass is 324 g/mol. The van der Waals surface area contributed by atoms with Gasteiger partial charge >= 0.3 is 0 Å². The number of ketones is 1. The van der Waals surface area contributed by atoms with Gasteiger partial charge in [-0.3, -0.25) is 4.79 Å². The molecule has 0 N–H and O–H groups in total. The van der Waals surface area contributed by atoms with Gasteiger partial charge in [0.2, 0.25) is 0 Å². The first kappa shape index (κ1) is 16.3. The van der Waals surface area contributed by atoms with E-state index in [1.165, 1.54) is 24.3 Å². The molecule has 1 atom stereocenters. The van der Waals surface area contributed by atoms with E-state index in [0.29, 0.717) is 6.42 Å². The Kier molecular flexibility index (Phi) is 4.70. The minimum atomic E-state index is -0.294. The van der Waals surface area contributed by atoms with Gasteiger partial charge in [-0.05, 0) is 66.3 Å². The fourth-order valence-corrected chi connectivity index (χ4v) is 2.89. The van der Waals surface area contributed by atoms with Crippen LogP contribution in [-0.2, 0) is 4.79 Å². The predicted octanol–water partition coefficient (Wildman–Crippen LogP) is 5.43. The van der Waals surface area contributed by atoms with Crippen LogP contribution in [0.3, 0.4) is 0 Å². The van der Waals surface area contributed by atoms with Crippen LogP contribution in [0.2, 0.25) is 0 Å². The van der Waals surface area contributed by atoms with E-state index in [1.54, 1.807) is 24.3 Å². The van der Waals surface area contributed by atoms with E-state index in [0.717, 1.165) is 28.7 Å². The standard InChI is InChI=1S/C21H18F2O/c1-14-2-7-17(12-15-3-8-18(22)9-4-15)21(24)20(14)13-16-5-10-19(23)11-6-16/h3-6,8-14H,2,7H2,1H3/b17-12-,20-13+. The first-order chi connectivity index (χ1) is 11.5. The molecule has 0 aliphatic heterocycles. The van der Waals surface area contributed by atoms with Crippen LogP contribution in [0.15, 0.2) is 59.7 Å². The van der Waals surface area contributed by atoms with Crippen molar-refractivity contribution >= 4 is 17.9 Å². The number of carbonyl (C=O) groups is 1. The van der Waals surface area contributed by atoms with Gasteiger partial charge in [0.15, 0.2) is 5.78 Å². The molecule has 0 bridgehead atoms. The van der Waals surface area contributed by atoms with Gasteiger partial charge in [0.25, 0.3) is 0 Å². The molecule has 1 aliphatic rings. The lowest BCUT2D eigenvalue weighted by Crippen LogP contribution is -2.19. The second-order valence-electron chi connectivity index (χ2n) is 6.14. The van der Waals surface area contributed by atoms with E-state index in [1.807, 2.05) is 19.1 Å². The Morgan fingerprint density at radius 1 is 0.875 bits per heavy atom. The number of rotatable bonds is 2. The minimum absolute atomic E-state index is 0.0161. The van der Waals surface area contributed by atoms with Crippen LogP contribution in [0, 0.1) is 17.6 Å². The summed E-state index contributed by atoms with van der Waals surface area (Å²) < 4.78 is 26.0. The van der Waals surface area contributed by atoms with Crippen LogP contribution in [0.5, 0.6) is 0 Å². The maximum absolute atomic E-state index is 13.0. The summed E-state index contributed by atoms with van der Waals surface area (Å²) in [5.74, 6) is -0.412. The highest BCUT2D eigenvalue weighted by Gasteiger charge is 2.26. The molecule has 24 heavy (non-hydrogen) atoms. The number of allylic oxidation sites excluding steroid dienone is 2. The molecular weight excluding hydrogens is 306 g/mol. The van der Waals surface area contributed by atoms with E-state index >= 15 is 0 Å². The Labute approximate surface area is 140 Å². The smallest absolute Gasteiger partial charge is 0.185 e. The van der Waals surface area contributed by atoms with Crippen molar-refractivity contribution < 1.29 is 13.6 Å².